The minimum absolute atomic E-state index is 0.0513. The Labute approximate surface area is 126 Å². The van der Waals surface area contributed by atoms with Gasteiger partial charge in [0.15, 0.2) is 6.61 Å². The molecular formula is C17H25NO3. The fourth-order valence-electron chi connectivity index (χ4n) is 2.97. The third kappa shape index (κ3) is 4.21. The molecule has 1 unspecified atom stereocenters. The van der Waals surface area contributed by atoms with E-state index in [9.17, 15) is 4.79 Å². The first-order valence-corrected chi connectivity index (χ1v) is 7.72. The van der Waals surface area contributed by atoms with E-state index >= 15 is 0 Å². The molecule has 4 nitrogen and oxygen atoms in total. The summed E-state index contributed by atoms with van der Waals surface area (Å²) in [4.78, 5) is 14.2. The van der Waals surface area contributed by atoms with Gasteiger partial charge in [0.2, 0.25) is 0 Å². The summed E-state index contributed by atoms with van der Waals surface area (Å²) in [6, 6.07) is 6.24. The van der Waals surface area contributed by atoms with E-state index in [-0.39, 0.29) is 25.2 Å². The van der Waals surface area contributed by atoms with E-state index in [1.807, 2.05) is 30.9 Å². The van der Waals surface area contributed by atoms with Crippen LogP contribution in [-0.4, -0.2) is 41.7 Å². The van der Waals surface area contributed by atoms with Crippen molar-refractivity contribution < 1.29 is 14.6 Å². The maximum Gasteiger partial charge on any atom is 0.260 e. The van der Waals surface area contributed by atoms with E-state index in [1.54, 1.807) is 0 Å². The number of aliphatic hydroxyl groups is 1. The zero-order chi connectivity index (χ0) is 15.2. The summed E-state index contributed by atoms with van der Waals surface area (Å²) >= 11 is 0. The highest BCUT2D eigenvalue weighted by molar-refractivity contribution is 5.78. The summed E-state index contributed by atoms with van der Waals surface area (Å²) in [5, 5.41) is 8.93. The van der Waals surface area contributed by atoms with Crippen LogP contribution in [0, 0.1) is 13.8 Å². The number of aryl methyl sites for hydroxylation is 2. The molecule has 21 heavy (non-hydrogen) atoms. The van der Waals surface area contributed by atoms with Gasteiger partial charge in [0, 0.05) is 19.2 Å². The van der Waals surface area contributed by atoms with Crippen LogP contribution in [-0.2, 0) is 4.79 Å². The van der Waals surface area contributed by atoms with Crippen molar-refractivity contribution in [3.8, 4) is 5.75 Å². The Bertz CT molecular complexity index is 487. The molecule has 1 saturated heterocycles. The zero-order valence-electron chi connectivity index (χ0n) is 13.0. The SMILES string of the molecule is Cc1ccc(OCC(=O)N2CCCC2CCCO)c(C)c1. The zero-order valence-corrected chi connectivity index (χ0v) is 13.0. The van der Waals surface area contributed by atoms with Gasteiger partial charge in [0.05, 0.1) is 0 Å². The number of aliphatic hydroxyl groups excluding tert-OH is 1. The molecule has 0 spiro atoms. The first-order valence-electron chi connectivity index (χ1n) is 7.72. The highest BCUT2D eigenvalue weighted by Crippen LogP contribution is 2.22. The summed E-state index contributed by atoms with van der Waals surface area (Å²) in [7, 11) is 0. The molecule has 0 aromatic heterocycles. The third-order valence-electron chi connectivity index (χ3n) is 4.07. The van der Waals surface area contributed by atoms with Crippen molar-refractivity contribution in [2.45, 2.75) is 45.6 Å². The number of ether oxygens (including phenoxy) is 1. The van der Waals surface area contributed by atoms with Gasteiger partial charge in [-0.25, -0.2) is 0 Å². The number of carbonyl (C=O) groups is 1. The van der Waals surface area contributed by atoms with Crippen LogP contribution in [0.2, 0.25) is 0 Å². The van der Waals surface area contributed by atoms with Gasteiger partial charge < -0.3 is 14.7 Å². The van der Waals surface area contributed by atoms with Crippen LogP contribution in [0.1, 0.15) is 36.8 Å². The molecule has 1 aromatic carbocycles. The number of benzene rings is 1. The highest BCUT2D eigenvalue weighted by Gasteiger charge is 2.28. The Balaban J connectivity index is 1.88. The van der Waals surface area contributed by atoms with E-state index in [2.05, 4.69) is 6.07 Å². The van der Waals surface area contributed by atoms with Gasteiger partial charge in [0.1, 0.15) is 5.75 Å². The summed E-state index contributed by atoms with van der Waals surface area (Å²) in [5.41, 5.74) is 2.25. The molecule has 1 atom stereocenters. The number of rotatable bonds is 6. The lowest BCUT2D eigenvalue weighted by Gasteiger charge is -2.24. The Hall–Kier alpha value is -1.55. The van der Waals surface area contributed by atoms with E-state index < -0.39 is 0 Å². The average Bonchev–Trinajstić information content (AvgIpc) is 2.92. The Morgan fingerprint density at radius 3 is 2.95 bits per heavy atom. The molecule has 116 valence electrons. The lowest BCUT2D eigenvalue weighted by molar-refractivity contribution is -0.134. The van der Waals surface area contributed by atoms with Gasteiger partial charge in [-0.2, -0.15) is 0 Å². The molecule has 1 aliphatic rings. The van der Waals surface area contributed by atoms with Crippen molar-refractivity contribution in [3.63, 3.8) is 0 Å². The van der Waals surface area contributed by atoms with Gasteiger partial charge in [-0.05, 0) is 51.2 Å². The largest absolute Gasteiger partial charge is 0.484 e. The van der Waals surface area contributed by atoms with Crippen molar-refractivity contribution in [1.29, 1.82) is 0 Å². The highest BCUT2D eigenvalue weighted by atomic mass is 16.5. The van der Waals surface area contributed by atoms with Gasteiger partial charge in [-0.3, -0.25) is 4.79 Å². The molecule has 1 aromatic rings. The molecule has 1 aliphatic heterocycles. The second-order valence-corrected chi connectivity index (χ2v) is 5.81. The smallest absolute Gasteiger partial charge is 0.260 e. The molecule has 0 saturated carbocycles. The van der Waals surface area contributed by atoms with E-state index in [1.165, 1.54) is 5.56 Å². The summed E-state index contributed by atoms with van der Waals surface area (Å²) in [6.07, 6.45) is 3.72. The normalized spacial score (nSPS) is 18.0. The number of hydrogen-bond acceptors (Lipinski definition) is 3. The van der Waals surface area contributed by atoms with Crippen LogP contribution in [0.3, 0.4) is 0 Å². The van der Waals surface area contributed by atoms with Crippen LogP contribution in [0.4, 0.5) is 0 Å². The number of nitrogens with zero attached hydrogens (tertiary/aromatic N) is 1. The van der Waals surface area contributed by atoms with Crippen molar-refractivity contribution in [2.24, 2.45) is 0 Å². The fourth-order valence-corrected chi connectivity index (χ4v) is 2.97. The topological polar surface area (TPSA) is 49.8 Å². The number of carbonyl (C=O) groups excluding carboxylic acids is 1. The van der Waals surface area contributed by atoms with E-state index in [0.717, 1.165) is 43.5 Å². The molecule has 1 amide bonds. The van der Waals surface area contributed by atoms with Crippen LogP contribution in [0.25, 0.3) is 0 Å². The average molecular weight is 291 g/mol. The minimum Gasteiger partial charge on any atom is -0.484 e. The van der Waals surface area contributed by atoms with Gasteiger partial charge >= 0.3 is 0 Å². The molecule has 1 heterocycles. The fraction of sp³-hybridized carbons (Fsp3) is 0.588. The van der Waals surface area contributed by atoms with Gasteiger partial charge in [0.25, 0.3) is 5.91 Å². The first kappa shape index (κ1) is 15.8. The molecule has 1 fully saturated rings. The van der Waals surface area contributed by atoms with Gasteiger partial charge in [-0.1, -0.05) is 17.7 Å². The second kappa shape index (κ2) is 7.46. The number of hydrogen-bond donors (Lipinski definition) is 1. The summed E-state index contributed by atoms with van der Waals surface area (Å²) in [6.45, 7) is 5.13. The number of amides is 1. The second-order valence-electron chi connectivity index (χ2n) is 5.81. The molecule has 4 heteroatoms. The predicted octanol–water partition coefficient (Wildman–Crippen LogP) is 2.45. The maximum atomic E-state index is 12.3. The van der Waals surface area contributed by atoms with Crippen molar-refractivity contribution >= 4 is 5.91 Å². The molecular weight excluding hydrogens is 266 g/mol. The lowest BCUT2D eigenvalue weighted by atomic mass is 10.1. The molecule has 0 bridgehead atoms. The Morgan fingerprint density at radius 2 is 2.24 bits per heavy atom. The predicted molar refractivity (Wildman–Crippen MR) is 82.5 cm³/mol. The van der Waals surface area contributed by atoms with Crippen molar-refractivity contribution in [1.82, 2.24) is 4.90 Å². The third-order valence-corrected chi connectivity index (χ3v) is 4.07. The standard InChI is InChI=1S/C17H25NO3/c1-13-7-8-16(14(2)11-13)21-12-17(20)18-9-3-5-15(18)6-4-10-19/h7-8,11,15,19H,3-6,9-10,12H2,1-2H3. The molecule has 1 N–H and O–H groups in total. The van der Waals surface area contributed by atoms with Crippen LogP contribution in [0.15, 0.2) is 18.2 Å². The van der Waals surface area contributed by atoms with E-state index in [4.69, 9.17) is 9.84 Å². The Kier molecular flexibility index (Phi) is 5.62. The minimum atomic E-state index is 0.0513. The van der Waals surface area contributed by atoms with E-state index in [0.29, 0.717) is 0 Å². The quantitative estimate of drug-likeness (QED) is 0.876. The maximum absolute atomic E-state index is 12.3. The van der Waals surface area contributed by atoms with Crippen molar-refractivity contribution in [2.75, 3.05) is 19.8 Å². The monoisotopic (exact) mass is 291 g/mol. The first-order chi connectivity index (χ1) is 10.1. The van der Waals surface area contributed by atoms with Crippen LogP contribution >= 0.6 is 0 Å². The van der Waals surface area contributed by atoms with Gasteiger partial charge in [-0.15, -0.1) is 0 Å². The van der Waals surface area contributed by atoms with Crippen LogP contribution < -0.4 is 4.74 Å². The lowest BCUT2D eigenvalue weighted by Crippen LogP contribution is -2.38. The summed E-state index contributed by atoms with van der Waals surface area (Å²) in [5.74, 6) is 0.829. The number of likely N-dealkylation sites (tertiary alicyclic amines) is 1. The molecule has 0 radical (unpaired) electrons. The van der Waals surface area contributed by atoms with Crippen LogP contribution in [0.5, 0.6) is 5.75 Å². The van der Waals surface area contributed by atoms with Crippen molar-refractivity contribution in [3.05, 3.63) is 29.3 Å². The Morgan fingerprint density at radius 1 is 1.43 bits per heavy atom. The molecule has 0 aliphatic carbocycles. The molecule has 2 rings (SSSR count). The summed E-state index contributed by atoms with van der Waals surface area (Å²) < 4.78 is 5.68.